The fourth-order valence-corrected chi connectivity index (χ4v) is 4.67. The fourth-order valence-electron chi connectivity index (χ4n) is 4.67. The van der Waals surface area contributed by atoms with Gasteiger partial charge in [0.05, 0.1) is 29.5 Å². The van der Waals surface area contributed by atoms with Crippen molar-refractivity contribution >= 4 is 16.8 Å². The lowest BCUT2D eigenvalue weighted by molar-refractivity contribution is 0.0748. The van der Waals surface area contributed by atoms with Crippen molar-refractivity contribution < 1.29 is 14.6 Å². The van der Waals surface area contributed by atoms with Gasteiger partial charge in [0.25, 0.3) is 5.91 Å². The molecule has 0 saturated carbocycles. The molecule has 170 valence electrons. The number of nitrogens with zero attached hydrogens (tertiary/aromatic N) is 4. The van der Waals surface area contributed by atoms with Gasteiger partial charge in [0.1, 0.15) is 11.5 Å². The molecule has 1 saturated heterocycles. The number of carbonyl (C=O) groups is 1. The Kier molecular flexibility index (Phi) is 5.88. The van der Waals surface area contributed by atoms with Crippen LogP contribution in [0.25, 0.3) is 10.9 Å². The number of fused-ring (bicyclic) bond motifs is 2. The van der Waals surface area contributed by atoms with Gasteiger partial charge >= 0.3 is 0 Å². The van der Waals surface area contributed by atoms with Crippen molar-refractivity contribution in [3.8, 4) is 17.6 Å². The van der Waals surface area contributed by atoms with E-state index in [1.54, 1.807) is 17.0 Å². The van der Waals surface area contributed by atoms with Crippen LogP contribution in [0.5, 0.6) is 11.5 Å². The molecule has 5 rings (SSSR count). The molecule has 2 aliphatic rings. The summed E-state index contributed by atoms with van der Waals surface area (Å²) in [6, 6.07) is 11.3. The minimum atomic E-state index is -0.199. The molecule has 1 aromatic heterocycles. The maximum absolute atomic E-state index is 13.3. The summed E-state index contributed by atoms with van der Waals surface area (Å²) < 4.78 is 5.73. The summed E-state index contributed by atoms with van der Waals surface area (Å²) in [6.07, 6.45) is 3.56. The lowest BCUT2D eigenvalue weighted by atomic mass is 10.1. The molecule has 2 aromatic carbocycles. The third-order valence-corrected chi connectivity index (χ3v) is 6.45. The van der Waals surface area contributed by atoms with Gasteiger partial charge in [0, 0.05) is 37.5 Å². The van der Waals surface area contributed by atoms with E-state index >= 15 is 0 Å². The smallest absolute Gasteiger partial charge is 0.258 e. The average molecular weight is 446 g/mol. The number of carbonyl (C=O) groups excluding carboxylic acids is 1. The van der Waals surface area contributed by atoms with Crippen LogP contribution >= 0.6 is 0 Å². The largest absolute Gasteiger partial charge is 0.507 e. The SMILES string of the molecule is N#CCCCOc1ccc2c(c1)CN(C(=O)c1cc3c(CN4CCCC4)n[nH]c3cc1O)C2. The summed E-state index contributed by atoms with van der Waals surface area (Å²) in [5.74, 6) is 0.506. The van der Waals surface area contributed by atoms with Crippen molar-refractivity contribution in [3.05, 3.63) is 52.7 Å². The predicted octanol–water partition coefficient (Wildman–Crippen LogP) is 3.70. The first-order chi connectivity index (χ1) is 16.1. The molecule has 8 heteroatoms. The number of hydrogen-bond acceptors (Lipinski definition) is 6. The number of benzene rings is 2. The van der Waals surface area contributed by atoms with E-state index in [0.29, 0.717) is 38.1 Å². The van der Waals surface area contributed by atoms with E-state index in [-0.39, 0.29) is 11.7 Å². The molecule has 0 atom stereocenters. The fraction of sp³-hybridized carbons (Fsp3) is 0.400. The number of H-pyrrole nitrogens is 1. The Morgan fingerprint density at radius 2 is 2.00 bits per heavy atom. The van der Waals surface area contributed by atoms with Crippen LogP contribution in [0.1, 0.15) is 52.9 Å². The second-order valence-corrected chi connectivity index (χ2v) is 8.77. The Labute approximate surface area is 192 Å². The zero-order valence-corrected chi connectivity index (χ0v) is 18.5. The van der Waals surface area contributed by atoms with Crippen LogP contribution in [0.3, 0.4) is 0 Å². The number of amides is 1. The number of unbranched alkanes of at least 4 members (excludes halogenated alkanes) is 1. The average Bonchev–Trinajstić information content (AvgIpc) is 3.56. The number of nitriles is 1. The maximum Gasteiger partial charge on any atom is 0.258 e. The van der Waals surface area contributed by atoms with Crippen LogP contribution in [0, 0.1) is 11.3 Å². The van der Waals surface area contributed by atoms with Gasteiger partial charge in [-0.25, -0.2) is 0 Å². The van der Waals surface area contributed by atoms with Gasteiger partial charge in [-0.05, 0) is 61.7 Å². The highest BCUT2D eigenvalue weighted by atomic mass is 16.5. The summed E-state index contributed by atoms with van der Waals surface area (Å²) in [6.45, 7) is 4.32. The molecular formula is C25H27N5O3. The number of hydrogen-bond donors (Lipinski definition) is 2. The first-order valence-electron chi connectivity index (χ1n) is 11.5. The molecule has 1 fully saturated rings. The monoisotopic (exact) mass is 445 g/mol. The third kappa shape index (κ3) is 4.37. The Balaban J connectivity index is 1.32. The summed E-state index contributed by atoms with van der Waals surface area (Å²) in [7, 11) is 0. The highest BCUT2D eigenvalue weighted by molar-refractivity contribution is 6.01. The molecular weight excluding hydrogens is 418 g/mol. The van der Waals surface area contributed by atoms with E-state index in [4.69, 9.17) is 10.00 Å². The van der Waals surface area contributed by atoms with Crippen molar-refractivity contribution in [1.82, 2.24) is 20.0 Å². The van der Waals surface area contributed by atoms with Gasteiger partial charge in [0.15, 0.2) is 0 Å². The number of aromatic hydroxyl groups is 1. The van der Waals surface area contributed by atoms with Gasteiger partial charge in [-0.1, -0.05) is 6.07 Å². The normalized spacial score (nSPS) is 15.7. The molecule has 0 radical (unpaired) electrons. The van der Waals surface area contributed by atoms with Crippen LogP contribution in [0.2, 0.25) is 0 Å². The second-order valence-electron chi connectivity index (χ2n) is 8.77. The first kappa shape index (κ1) is 21.3. The van der Waals surface area contributed by atoms with Gasteiger partial charge in [0.2, 0.25) is 0 Å². The van der Waals surface area contributed by atoms with Crippen LogP contribution in [-0.4, -0.2) is 50.7 Å². The van der Waals surface area contributed by atoms with Crippen LogP contribution in [0.15, 0.2) is 30.3 Å². The van der Waals surface area contributed by atoms with E-state index in [1.165, 1.54) is 12.8 Å². The molecule has 3 aromatic rings. The summed E-state index contributed by atoms with van der Waals surface area (Å²) >= 11 is 0. The Morgan fingerprint density at radius 3 is 2.82 bits per heavy atom. The van der Waals surface area contributed by atoms with Crippen LogP contribution in [-0.2, 0) is 19.6 Å². The van der Waals surface area contributed by atoms with E-state index in [1.807, 2.05) is 18.2 Å². The third-order valence-electron chi connectivity index (χ3n) is 6.45. The van der Waals surface area contributed by atoms with E-state index in [0.717, 1.165) is 53.1 Å². The van der Waals surface area contributed by atoms with Crippen molar-refractivity contribution in [2.24, 2.45) is 0 Å². The zero-order chi connectivity index (χ0) is 22.8. The van der Waals surface area contributed by atoms with Gasteiger partial charge in [-0.15, -0.1) is 0 Å². The molecule has 8 nitrogen and oxygen atoms in total. The number of phenols is 1. The summed E-state index contributed by atoms with van der Waals surface area (Å²) in [5.41, 5.74) is 4.06. The van der Waals surface area contributed by atoms with Crippen molar-refractivity contribution in [1.29, 1.82) is 5.26 Å². The van der Waals surface area contributed by atoms with Crippen molar-refractivity contribution in [2.45, 2.75) is 45.3 Å². The number of aromatic amines is 1. The number of rotatable bonds is 7. The van der Waals surface area contributed by atoms with Crippen LogP contribution in [0.4, 0.5) is 0 Å². The van der Waals surface area contributed by atoms with E-state index in [2.05, 4.69) is 21.2 Å². The molecule has 0 spiro atoms. The van der Waals surface area contributed by atoms with Gasteiger partial charge in [-0.3, -0.25) is 14.8 Å². The zero-order valence-electron chi connectivity index (χ0n) is 18.5. The molecule has 0 bridgehead atoms. The number of nitrogens with one attached hydrogen (secondary N) is 1. The molecule has 2 N–H and O–H groups in total. The maximum atomic E-state index is 13.3. The number of ether oxygens (including phenoxy) is 1. The molecule has 1 amide bonds. The minimum absolute atomic E-state index is 0.0404. The summed E-state index contributed by atoms with van der Waals surface area (Å²) in [5, 5.41) is 27.5. The molecule has 3 heterocycles. The first-order valence-corrected chi connectivity index (χ1v) is 11.5. The predicted molar refractivity (Wildman–Crippen MR) is 123 cm³/mol. The van der Waals surface area contributed by atoms with Gasteiger partial charge < -0.3 is 14.7 Å². The number of phenolic OH excluding ortho intramolecular Hbond substituents is 1. The lowest BCUT2D eigenvalue weighted by Gasteiger charge is -2.17. The second kappa shape index (κ2) is 9.12. The topological polar surface area (TPSA) is 105 Å². The lowest BCUT2D eigenvalue weighted by Crippen LogP contribution is -2.25. The Hall–Kier alpha value is -3.57. The molecule has 33 heavy (non-hydrogen) atoms. The van der Waals surface area contributed by atoms with Crippen LogP contribution < -0.4 is 4.74 Å². The highest BCUT2D eigenvalue weighted by Gasteiger charge is 2.27. The molecule has 2 aliphatic heterocycles. The quantitative estimate of drug-likeness (QED) is 0.537. The standard InChI is InChI=1S/C25H27N5O3/c26-7-1-4-10-33-19-6-5-17-14-30(15-18(17)11-19)25(32)21-12-20-22(13-24(21)31)27-28-23(20)16-29-8-2-3-9-29/h5-6,11-13,31H,1-4,8-10,14-16H2,(H,27,28). The number of aromatic nitrogens is 2. The minimum Gasteiger partial charge on any atom is -0.507 e. The number of likely N-dealkylation sites (tertiary alicyclic amines) is 1. The summed E-state index contributed by atoms with van der Waals surface area (Å²) in [4.78, 5) is 17.5. The van der Waals surface area contributed by atoms with Gasteiger partial charge in [-0.2, -0.15) is 10.4 Å². The Bertz CT molecular complexity index is 1220. The van der Waals surface area contributed by atoms with Crippen molar-refractivity contribution in [3.63, 3.8) is 0 Å². The van der Waals surface area contributed by atoms with E-state index in [9.17, 15) is 9.90 Å². The molecule has 0 unspecified atom stereocenters. The highest BCUT2D eigenvalue weighted by Crippen LogP contribution is 2.32. The Morgan fingerprint density at radius 1 is 1.18 bits per heavy atom. The van der Waals surface area contributed by atoms with E-state index < -0.39 is 0 Å². The molecule has 0 aliphatic carbocycles. The van der Waals surface area contributed by atoms with Crippen molar-refractivity contribution in [2.75, 3.05) is 19.7 Å².